The molecule has 1 N–H and O–H groups in total. The van der Waals surface area contributed by atoms with Crippen LogP contribution in [0.25, 0.3) is 5.65 Å². The Morgan fingerprint density at radius 2 is 2.05 bits per heavy atom. The van der Waals surface area contributed by atoms with E-state index in [0.29, 0.717) is 18.7 Å². The number of hydrogen-bond donors (Lipinski definition) is 1. The van der Waals surface area contributed by atoms with Crippen LogP contribution >= 0.6 is 0 Å². The Balaban J connectivity index is 2.14. The molecule has 0 aromatic carbocycles. The molecule has 2 aromatic rings. The Morgan fingerprint density at radius 1 is 1.30 bits per heavy atom. The molecule has 0 radical (unpaired) electrons. The molecule has 0 amide bonds. The molecule has 2 atom stereocenters. The lowest BCUT2D eigenvalue weighted by Gasteiger charge is -2.23. The van der Waals surface area contributed by atoms with Gasteiger partial charge in [0.25, 0.3) is 0 Å². The van der Waals surface area contributed by atoms with Crippen molar-refractivity contribution in [2.45, 2.75) is 32.6 Å². The second-order valence-electron chi connectivity index (χ2n) is 5.19. The smallest absolute Gasteiger partial charge is 0.307 e. The van der Waals surface area contributed by atoms with Gasteiger partial charge in [0.15, 0.2) is 5.65 Å². The van der Waals surface area contributed by atoms with Crippen molar-refractivity contribution in [3.8, 4) is 0 Å². The number of hydrogen-bond acceptors (Lipinski definition) is 4. The van der Waals surface area contributed by atoms with Crippen LogP contribution in [-0.4, -0.2) is 30.7 Å². The number of carboxylic acid groups (broad SMARTS) is 1. The molecule has 20 heavy (non-hydrogen) atoms. The number of nitrogens with zero attached hydrogens (tertiary/aromatic N) is 4. The molecule has 0 aliphatic heterocycles. The van der Waals surface area contributed by atoms with E-state index in [1.165, 1.54) is 0 Å². The Labute approximate surface area is 116 Å². The molecule has 2 unspecified atom stereocenters. The van der Waals surface area contributed by atoms with Gasteiger partial charge in [-0.25, -0.2) is 4.98 Å². The third-order valence-electron chi connectivity index (χ3n) is 3.79. The maximum Gasteiger partial charge on any atom is 0.307 e. The summed E-state index contributed by atoms with van der Waals surface area (Å²) >= 11 is 0. The maximum absolute atomic E-state index is 11.4. The number of carboxylic acids is 1. The number of aromatic nitrogens is 4. The van der Waals surface area contributed by atoms with E-state index >= 15 is 0 Å². The molecule has 0 saturated heterocycles. The molecule has 0 bridgehead atoms. The fourth-order valence-electron chi connectivity index (χ4n) is 2.87. The van der Waals surface area contributed by atoms with Crippen molar-refractivity contribution in [3.63, 3.8) is 0 Å². The predicted molar refractivity (Wildman–Crippen MR) is 72.5 cm³/mol. The molecular weight excluding hydrogens is 256 g/mol. The third kappa shape index (κ3) is 1.97. The quantitative estimate of drug-likeness (QED) is 0.844. The predicted octanol–water partition coefficient (Wildman–Crippen LogP) is 1.88. The molecule has 1 aliphatic rings. The van der Waals surface area contributed by atoms with Crippen LogP contribution in [0.5, 0.6) is 0 Å². The molecule has 2 aromatic heterocycles. The van der Waals surface area contributed by atoms with Gasteiger partial charge in [0, 0.05) is 17.7 Å². The monoisotopic (exact) mass is 272 g/mol. The summed E-state index contributed by atoms with van der Waals surface area (Å²) in [5, 5.41) is 17.8. The summed E-state index contributed by atoms with van der Waals surface area (Å²) in [7, 11) is 0. The molecule has 2 heterocycles. The minimum absolute atomic E-state index is 0.157. The standard InChI is InChI=1S/C14H16N4O2/c1-8-7-12-16-17-13(18(12)9(2)15-8)10-5-3-4-6-11(10)14(19)20/h3-4,7,10-11H,5-6H2,1-2H3,(H,19,20). The number of fused-ring (bicyclic) bond motifs is 1. The minimum atomic E-state index is -0.783. The zero-order chi connectivity index (χ0) is 14.3. The number of carbonyl (C=O) groups is 1. The first-order chi connectivity index (χ1) is 9.58. The normalized spacial score (nSPS) is 22.3. The van der Waals surface area contributed by atoms with Gasteiger partial charge in [-0.2, -0.15) is 0 Å². The van der Waals surface area contributed by atoms with Crippen LogP contribution in [0.2, 0.25) is 0 Å². The second kappa shape index (κ2) is 4.70. The van der Waals surface area contributed by atoms with E-state index in [4.69, 9.17) is 0 Å². The maximum atomic E-state index is 11.4. The molecule has 6 nitrogen and oxygen atoms in total. The summed E-state index contributed by atoms with van der Waals surface area (Å²) in [5.74, 6) is 0.0954. The zero-order valence-corrected chi connectivity index (χ0v) is 11.4. The Hall–Kier alpha value is -2.24. The Bertz CT molecular complexity index is 705. The van der Waals surface area contributed by atoms with Crippen molar-refractivity contribution >= 4 is 11.6 Å². The minimum Gasteiger partial charge on any atom is -0.481 e. The van der Waals surface area contributed by atoms with Gasteiger partial charge in [-0.05, 0) is 26.7 Å². The molecule has 0 spiro atoms. The van der Waals surface area contributed by atoms with Crippen molar-refractivity contribution < 1.29 is 9.90 Å². The summed E-state index contributed by atoms with van der Waals surface area (Å²) in [6, 6.07) is 1.86. The highest BCUT2D eigenvalue weighted by atomic mass is 16.4. The van der Waals surface area contributed by atoms with Gasteiger partial charge in [0.1, 0.15) is 11.6 Å². The van der Waals surface area contributed by atoms with Gasteiger partial charge in [-0.3, -0.25) is 9.20 Å². The van der Waals surface area contributed by atoms with Crippen LogP contribution in [0.1, 0.15) is 36.1 Å². The molecule has 0 fully saturated rings. The Morgan fingerprint density at radius 3 is 2.80 bits per heavy atom. The first-order valence-corrected chi connectivity index (χ1v) is 6.65. The van der Waals surface area contributed by atoms with Gasteiger partial charge in [-0.15, -0.1) is 10.2 Å². The highest BCUT2D eigenvalue weighted by Crippen LogP contribution is 2.34. The van der Waals surface area contributed by atoms with E-state index < -0.39 is 11.9 Å². The van der Waals surface area contributed by atoms with Crippen molar-refractivity contribution in [2.24, 2.45) is 5.92 Å². The van der Waals surface area contributed by atoms with E-state index in [1.54, 1.807) is 0 Å². The zero-order valence-electron chi connectivity index (χ0n) is 11.4. The number of aryl methyl sites for hydroxylation is 2. The second-order valence-corrected chi connectivity index (χ2v) is 5.19. The van der Waals surface area contributed by atoms with Gasteiger partial charge >= 0.3 is 5.97 Å². The molecule has 104 valence electrons. The van der Waals surface area contributed by atoms with Crippen LogP contribution in [0.4, 0.5) is 0 Å². The summed E-state index contributed by atoms with van der Waals surface area (Å²) in [4.78, 5) is 15.8. The average molecular weight is 272 g/mol. The first kappa shape index (κ1) is 12.8. The number of aliphatic carboxylic acids is 1. The summed E-state index contributed by atoms with van der Waals surface area (Å²) in [6.07, 6.45) is 5.15. The summed E-state index contributed by atoms with van der Waals surface area (Å²) in [5.41, 5.74) is 1.61. The fourth-order valence-corrected chi connectivity index (χ4v) is 2.87. The van der Waals surface area contributed by atoms with Gasteiger partial charge in [-0.1, -0.05) is 12.2 Å². The molecule has 6 heteroatoms. The number of rotatable bonds is 2. The van der Waals surface area contributed by atoms with E-state index in [2.05, 4.69) is 15.2 Å². The van der Waals surface area contributed by atoms with Crippen molar-refractivity contribution in [1.29, 1.82) is 0 Å². The van der Waals surface area contributed by atoms with Crippen LogP contribution in [0, 0.1) is 19.8 Å². The van der Waals surface area contributed by atoms with Crippen molar-refractivity contribution in [2.75, 3.05) is 0 Å². The van der Waals surface area contributed by atoms with Crippen LogP contribution in [0.3, 0.4) is 0 Å². The highest BCUT2D eigenvalue weighted by molar-refractivity contribution is 5.71. The van der Waals surface area contributed by atoms with Crippen LogP contribution in [0.15, 0.2) is 18.2 Å². The van der Waals surface area contributed by atoms with E-state index in [0.717, 1.165) is 17.2 Å². The molecular formula is C14H16N4O2. The Kier molecular flexibility index (Phi) is 3.00. The SMILES string of the molecule is Cc1cc2nnc(C3CC=CCC3C(=O)O)n2c(C)n1. The lowest BCUT2D eigenvalue weighted by molar-refractivity contribution is -0.142. The summed E-state index contributed by atoms with van der Waals surface area (Å²) in [6.45, 7) is 3.80. The fraction of sp³-hybridized carbons (Fsp3) is 0.429. The topological polar surface area (TPSA) is 80.4 Å². The summed E-state index contributed by atoms with van der Waals surface area (Å²) < 4.78 is 1.87. The van der Waals surface area contributed by atoms with Crippen LogP contribution < -0.4 is 0 Å². The highest BCUT2D eigenvalue weighted by Gasteiger charge is 2.33. The van der Waals surface area contributed by atoms with E-state index in [9.17, 15) is 9.90 Å². The van der Waals surface area contributed by atoms with E-state index in [-0.39, 0.29) is 5.92 Å². The van der Waals surface area contributed by atoms with Crippen LogP contribution in [-0.2, 0) is 4.79 Å². The lowest BCUT2D eigenvalue weighted by atomic mass is 9.82. The molecule has 3 rings (SSSR count). The van der Waals surface area contributed by atoms with E-state index in [1.807, 2.05) is 36.5 Å². The lowest BCUT2D eigenvalue weighted by Crippen LogP contribution is -2.25. The largest absolute Gasteiger partial charge is 0.481 e. The van der Waals surface area contributed by atoms with Gasteiger partial charge < -0.3 is 5.11 Å². The third-order valence-corrected chi connectivity index (χ3v) is 3.79. The van der Waals surface area contributed by atoms with Gasteiger partial charge in [0.05, 0.1) is 5.92 Å². The molecule has 1 aliphatic carbocycles. The van der Waals surface area contributed by atoms with Gasteiger partial charge in [0.2, 0.25) is 0 Å². The first-order valence-electron chi connectivity index (χ1n) is 6.65. The van der Waals surface area contributed by atoms with Crippen molar-refractivity contribution in [1.82, 2.24) is 19.6 Å². The average Bonchev–Trinajstić information content (AvgIpc) is 2.82. The molecule has 0 saturated carbocycles. The number of allylic oxidation sites excluding steroid dienone is 2. The van der Waals surface area contributed by atoms with Crippen molar-refractivity contribution in [3.05, 3.63) is 35.6 Å².